The predicted molar refractivity (Wildman–Crippen MR) is 86.7 cm³/mol. The maximum Gasteiger partial charge on any atom is 0.493 e. The zero-order valence-corrected chi connectivity index (χ0v) is 13.7. The molecule has 0 fully saturated rings. The maximum atomic E-state index is 10.1. The van der Waals surface area contributed by atoms with Crippen molar-refractivity contribution in [1.29, 1.82) is 0 Å². The van der Waals surface area contributed by atoms with Crippen molar-refractivity contribution in [2.45, 2.75) is 58.7 Å². The molecule has 0 aliphatic carbocycles. The smallest absolute Gasteiger partial charge is 0.423 e. The second-order valence-electron chi connectivity index (χ2n) is 6.30. The SMILES string of the molecule is CCCCNc1ccc(B(O)OC(C)(C)C(C)(C)O)cn1. The molecule has 0 saturated heterocycles. The average molecular weight is 294 g/mol. The minimum absolute atomic E-state index is 0.563. The molecule has 1 aromatic rings. The van der Waals surface area contributed by atoms with E-state index in [1.54, 1.807) is 40.0 Å². The molecule has 0 bridgehead atoms. The van der Waals surface area contributed by atoms with Crippen molar-refractivity contribution in [2.24, 2.45) is 0 Å². The van der Waals surface area contributed by atoms with Crippen LogP contribution in [-0.2, 0) is 4.65 Å². The first-order valence-corrected chi connectivity index (χ1v) is 7.45. The van der Waals surface area contributed by atoms with Crippen LogP contribution in [0.15, 0.2) is 18.3 Å². The van der Waals surface area contributed by atoms with E-state index in [2.05, 4.69) is 17.2 Å². The number of hydrogen-bond acceptors (Lipinski definition) is 5. The van der Waals surface area contributed by atoms with E-state index in [4.69, 9.17) is 4.65 Å². The summed E-state index contributed by atoms with van der Waals surface area (Å²) in [6, 6.07) is 3.58. The molecule has 6 heteroatoms. The van der Waals surface area contributed by atoms with E-state index in [1.165, 1.54) is 0 Å². The minimum atomic E-state index is -1.12. The van der Waals surface area contributed by atoms with Crippen molar-refractivity contribution in [3.8, 4) is 0 Å². The molecule has 1 aromatic heterocycles. The molecule has 0 atom stereocenters. The molecule has 0 spiro atoms. The predicted octanol–water partition coefficient (Wildman–Crippen LogP) is 1.55. The number of nitrogens with zero attached hydrogens (tertiary/aromatic N) is 1. The number of nitrogens with one attached hydrogen (secondary N) is 1. The molecule has 3 N–H and O–H groups in total. The Labute approximate surface area is 127 Å². The third-order valence-corrected chi connectivity index (χ3v) is 3.79. The Morgan fingerprint density at radius 1 is 1.29 bits per heavy atom. The van der Waals surface area contributed by atoms with Crippen LogP contribution in [0, 0.1) is 0 Å². The summed E-state index contributed by atoms with van der Waals surface area (Å²) in [4.78, 5) is 4.25. The van der Waals surface area contributed by atoms with Gasteiger partial charge in [0, 0.05) is 18.2 Å². The fourth-order valence-corrected chi connectivity index (χ4v) is 1.54. The van der Waals surface area contributed by atoms with Crippen LogP contribution in [0.4, 0.5) is 5.82 Å². The Hall–Kier alpha value is -1.11. The van der Waals surface area contributed by atoms with Crippen LogP contribution in [-0.4, -0.2) is 40.0 Å². The number of unbranched alkanes of at least 4 members (excludes halogenated alkanes) is 1. The standard InChI is InChI=1S/C15H27BN2O3/c1-6-7-10-17-13-9-8-12(11-18-13)16(20)21-15(4,5)14(2,3)19/h8-9,11,19-20H,6-7,10H2,1-5H3,(H,17,18). The molecule has 0 amide bonds. The zero-order valence-electron chi connectivity index (χ0n) is 13.7. The van der Waals surface area contributed by atoms with E-state index < -0.39 is 18.3 Å². The summed E-state index contributed by atoms with van der Waals surface area (Å²) in [7, 11) is -1.12. The molecule has 0 radical (unpaired) electrons. The van der Waals surface area contributed by atoms with Crippen molar-refractivity contribution >= 4 is 18.4 Å². The third kappa shape index (κ3) is 5.30. The number of hydrogen-bond donors (Lipinski definition) is 3. The molecule has 118 valence electrons. The summed E-state index contributed by atoms with van der Waals surface area (Å²) in [6.07, 6.45) is 3.80. The van der Waals surface area contributed by atoms with Crippen LogP contribution in [0.1, 0.15) is 47.5 Å². The van der Waals surface area contributed by atoms with E-state index in [0.717, 1.165) is 25.2 Å². The Kier molecular flexibility index (Phi) is 6.19. The Morgan fingerprint density at radius 3 is 2.43 bits per heavy atom. The average Bonchev–Trinajstić information content (AvgIpc) is 2.38. The molecule has 0 aromatic carbocycles. The van der Waals surface area contributed by atoms with Gasteiger partial charge in [0.15, 0.2) is 0 Å². The molecule has 5 nitrogen and oxygen atoms in total. The van der Waals surface area contributed by atoms with Crippen LogP contribution in [0.3, 0.4) is 0 Å². The number of anilines is 1. The summed E-state index contributed by atoms with van der Waals surface area (Å²) in [5, 5.41) is 23.4. The quantitative estimate of drug-likeness (QED) is 0.501. The highest BCUT2D eigenvalue weighted by Gasteiger charge is 2.39. The van der Waals surface area contributed by atoms with Crippen LogP contribution in [0.2, 0.25) is 0 Å². The number of aliphatic hydroxyl groups is 1. The monoisotopic (exact) mass is 294 g/mol. The first-order valence-electron chi connectivity index (χ1n) is 7.45. The fourth-order valence-electron chi connectivity index (χ4n) is 1.54. The molecule has 1 rings (SSSR count). The van der Waals surface area contributed by atoms with Gasteiger partial charge in [-0.05, 0) is 40.2 Å². The van der Waals surface area contributed by atoms with E-state index in [9.17, 15) is 10.1 Å². The van der Waals surface area contributed by atoms with Gasteiger partial charge in [-0.3, -0.25) is 0 Å². The van der Waals surface area contributed by atoms with E-state index >= 15 is 0 Å². The van der Waals surface area contributed by atoms with Gasteiger partial charge in [0.05, 0.1) is 11.2 Å². The Balaban J connectivity index is 2.65. The second kappa shape index (κ2) is 7.25. The summed E-state index contributed by atoms with van der Waals surface area (Å²) in [5.41, 5.74) is -1.39. The van der Waals surface area contributed by atoms with Gasteiger partial charge in [0.25, 0.3) is 0 Å². The first-order chi connectivity index (χ1) is 9.67. The van der Waals surface area contributed by atoms with Crippen LogP contribution < -0.4 is 10.8 Å². The summed E-state index contributed by atoms with van der Waals surface area (Å²) in [6.45, 7) is 9.80. The highest BCUT2D eigenvalue weighted by atomic mass is 16.5. The molecule has 0 aliphatic heterocycles. The van der Waals surface area contributed by atoms with Crippen molar-refractivity contribution in [3.05, 3.63) is 18.3 Å². The zero-order chi connectivity index (χ0) is 16.1. The lowest BCUT2D eigenvalue weighted by molar-refractivity contribution is -0.0982. The molecule has 0 saturated carbocycles. The van der Waals surface area contributed by atoms with Crippen molar-refractivity contribution in [2.75, 3.05) is 11.9 Å². The molecular formula is C15H27BN2O3. The Morgan fingerprint density at radius 2 is 1.95 bits per heavy atom. The maximum absolute atomic E-state index is 10.1. The van der Waals surface area contributed by atoms with Crippen LogP contribution >= 0.6 is 0 Å². The van der Waals surface area contributed by atoms with Crippen molar-refractivity contribution < 1.29 is 14.8 Å². The summed E-state index contributed by atoms with van der Waals surface area (Å²) in [5.74, 6) is 0.779. The molecular weight excluding hydrogens is 267 g/mol. The fraction of sp³-hybridized carbons (Fsp3) is 0.667. The first kappa shape index (κ1) is 17.9. The Bertz CT molecular complexity index is 430. The largest absolute Gasteiger partial charge is 0.493 e. The molecule has 0 aliphatic rings. The number of aromatic nitrogens is 1. The van der Waals surface area contributed by atoms with Gasteiger partial charge >= 0.3 is 7.12 Å². The highest BCUT2D eigenvalue weighted by Crippen LogP contribution is 2.25. The van der Waals surface area contributed by atoms with Crippen molar-refractivity contribution in [1.82, 2.24) is 4.98 Å². The normalized spacial score (nSPS) is 12.3. The molecule has 21 heavy (non-hydrogen) atoms. The van der Waals surface area contributed by atoms with Gasteiger partial charge in [0.1, 0.15) is 5.82 Å². The lowest BCUT2D eigenvalue weighted by atomic mass is 9.77. The van der Waals surface area contributed by atoms with Gasteiger partial charge in [-0.15, -0.1) is 0 Å². The van der Waals surface area contributed by atoms with E-state index in [-0.39, 0.29) is 0 Å². The van der Waals surface area contributed by atoms with Gasteiger partial charge < -0.3 is 20.1 Å². The minimum Gasteiger partial charge on any atom is -0.423 e. The van der Waals surface area contributed by atoms with Crippen molar-refractivity contribution in [3.63, 3.8) is 0 Å². The van der Waals surface area contributed by atoms with E-state index in [1.807, 2.05) is 6.07 Å². The van der Waals surface area contributed by atoms with Gasteiger partial charge in [-0.2, -0.15) is 0 Å². The van der Waals surface area contributed by atoms with Gasteiger partial charge in [-0.25, -0.2) is 4.98 Å². The van der Waals surface area contributed by atoms with Gasteiger partial charge in [-0.1, -0.05) is 19.4 Å². The second-order valence-corrected chi connectivity index (χ2v) is 6.30. The van der Waals surface area contributed by atoms with Crippen LogP contribution in [0.25, 0.3) is 0 Å². The molecule has 0 unspecified atom stereocenters. The lowest BCUT2D eigenvalue weighted by Gasteiger charge is -2.38. The lowest BCUT2D eigenvalue weighted by Crippen LogP contribution is -2.53. The van der Waals surface area contributed by atoms with E-state index in [0.29, 0.717) is 5.46 Å². The van der Waals surface area contributed by atoms with Crippen LogP contribution in [0.5, 0.6) is 0 Å². The topological polar surface area (TPSA) is 74.6 Å². The number of pyridine rings is 1. The summed E-state index contributed by atoms with van der Waals surface area (Å²) >= 11 is 0. The highest BCUT2D eigenvalue weighted by molar-refractivity contribution is 6.60. The summed E-state index contributed by atoms with van der Waals surface area (Å²) < 4.78 is 5.57. The molecule has 1 heterocycles. The third-order valence-electron chi connectivity index (χ3n) is 3.79. The number of rotatable bonds is 8. The van der Waals surface area contributed by atoms with Gasteiger partial charge in [0.2, 0.25) is 0 Å².